The summed E-state index contributed by atoms with van der Waals surface area (Å²) in [7, 11) is 1.62. The summed E-state index contributed by atoms with van der Waals surface area (Å²) in [6.45, 7) is 3.25. The van der Waals surface area contributed by atoms with Gasteiger partial charge in [0.15, 0.2) is 0 Å². The van der Waals surface area contributed by atoms with E-state index in [4.69, 9.17) is 0 Å². The van der Waals surface area contributed by atoms with Crippen LogP contribution in [0, 0.1) is 0 Å². The molecule has 0 saturated heterocycles. The van der Waals surface area contributed by atoms with Crippen LogP contribution in [0.25, 0.3) is 11.3 Å². The fourth-order valence-electron chi connectivity index (χ4n) is 3.08. The summed E-state index contributed by atoms with van der Waals surface area (Å²) in [4.78, 5) is 12.2. The van der Waals surface area contributed by atoms with Gasteiger partial charge in [-0.25, -0.2) is 4.68 Å². The van der Waals surface area contributed by atoms with Crippen LogP contribution in [0.4, 0.5) is 0 Å². The van der Waals surface area contributed by atoms with Crippen LogP contribution < -0.4 is 5.56 Å². The van der Waals surface area contributed by atoms with Gasteiger partial charge in [-0.15, -0.1) is 0 Å². The highest BCUT2D eigenvalue weighted by atomic mass is 16.3. The Hall–Kier alpha value is -1.94. The maximum atomic E-state index is 12.2. The highest BCUT2D eigenvalue weighted by molar-refractivity contribution is 5.61. The zero-order valence-electron chi connectivity index (χ0n) is 13.4. The SMILES string of the molecule is Cn1nc(-c2ccc3c(c2)CCCC3)cc(C(C)(C)O)c1=O. The molecule has 116 valence electrons. The van der Waals surface area contributed by atoms with Crippen molar-refractivity contribution in [3.05, 3.63) is 51.3 Å². The molecule has 0 bridgehead atoms. The Balaban J connectivity index is 2.13. The van der Waals surface area contributed by atoms with Crippen molar-refractivity contribution in [1.82, 2.24) is 9.78 Å². The van der Waals surface area contributed by atoms with Gasteiger partial charge in [0.2, 0.25) is 0 Å². The van der Waals surface area contributed by atoms with Crippen molar-refractivity contribution in [2.24, 2.45) is 7.05 Å². The summed E-state index contributed by atoms with van der Waals surface area (Å²) in [5.41, 5.74) is 3.47. The van der Waals surface area contributed by atoms with Crippen LogP contribution in [0.2, 0.25) is 0 Å². The van der Waals surface area contributed by atoms with E-state index in [1.807, 2.05) is 0 Å². The van der Waals surface area contributed by atoms with Crippen molar-refractivity contribution >= 4 is 0 Å². The van der Waals surface area contributed by atoms with Crippen LogP contribution in [-0.4, -0.2) is 14.9 Å². The predicted octanol–water partition coefficient (Wildman–Crippen LogP) is 2.55. The zero-order valence-corrected chi connectivity index (χ0v) is 13.4. The Labute approximate surface area is 130 Å². The molecule has 0 spiro atoms. The molecule has 0 atom stereocenters. The van der Waals surface area contributed by atoms with Crippen molar-refractivity contribution in [2.45, 2.75) is 45.1 Å². The molecule has 2 aromatic rings. The summed E-state index contributed by atoms with van der Waals surface area (Å²) in [5.74, 6) is 0. The molecule has 1 N–H and O–H groups in total. The molecule has 0 amide bonds. The first kappa shape index (κ1) is 15.0. The third kappa shape index (κ3) is 2.71. The summed E-state index contributed by atoms with van der Waals surface area (Å²) in [5, 5.41) is 14.6. The lowest BCUT2D eigenvalue weighted by Gasteiger charge is -2.19. The molecule has 0 saturated carbocycles. The van der Waals surface area contributed by atoms with Gasteiger partial charge >= 0.3 is 0 Å². The summed E-state index contributed by atoms with van der Waals surface area (Å²) < 4.78 is 1.31. The van der Waals surface area contributed by atoms with Gasteiger partial charge in [0.05, 0.1) is 16.9 Å². The van der Waals surface area contributed by atoms with Crippen LogP contribution >= 0.6 is 0 Å². The third-order valence-corrected chi connectivity index (χ3v) is 4.37. The minimum atomic E-state index is -1.18. The molecule has 0 unspecified atom stereocenters. The number of nitrogens with zero attached hydrogens (tertiary/aromatic N) is 2. The molecule has 0 radical (unpaired) electrons. The number of benzene rings is 1. The number of hydrogen-bond acceptors (Lipinski definition) is 3. The molecule has 4 heteroatoms. The summed E-state index contributed by atoms with van der Waals surface area (Å²) >= 11 is 0. The summed E-state index contributed by atoms with van der Waals surface area (Å²) in [6, 6.07) is 8.12. The first-order chi connectivity index (χ1) is 10.4. The number of aliphatic hydroxyl groups is 1. The number of aryl methyl sites for hydroxylation is 3. The van der Waals surface area contributed by atoms with Crippen LogP contribution in [-0.2, 0) is 25.5 Å². The van der Waals surface area contributed by atoms with E-state index in [1.165, 1.54) is 28.7 Å². The molecule has 1 aromatic carbocycles. The average Bonchev–Trinajstić information content (AvgIpc) is 2.48. The number of hydrogen-bond donors (Lipinski definition) is 1. The van der Waals surface area contributed by atoms with E-state index >= 15 is 0 Å². The van der Waals surface area contributed by atoms with Crippen molar-refractivity contribution in [3.63, 3.8) is 0 Å². The Morgan fingerprint density at radius 2 is 1.82 bits per heavy atom. The van der Waals surface area contributed by atoms with Crippen LogP contribution in [0.5, 0.6) is 0 Å². The fourth-order valence-corrected chi connectivity index (χ4v) is 3.08. The van der Waals surface area contributed by atoms with Crippen LogP contribution in [0.15, 0.2) is 29.1 Å². The molecule has 0 fully saturated rings. The number of fused-ring (bicyclic) bond motifs is 1. The molecule has 4 nitrogen and oxygen atoms in total. The maximum absolute atomic E-state index is 12.2. The second-order valence-corrected chi connectivity index (χ2v) is 6.62. The highest BCUT2D eigenvalue weighted by Gasteiger charge is 2.22. The molecule has 1 aromatic heterocycles. The van der Waals surface area contributed by atoms with E-state index in [0.717, 1.165) is 24.1 Å². The second-order valence-electron chi connectivity index (χ2n) is 6.62. The first-order valence-corrected chi connectivity index (χ1v) is 7.79. The van der Waals surface area contributed by atoms with Crippen LogP contribution in [0.1, 0.15) is 43.4 Å². The molecule has 1 aliphatic rings. The lowest BCUT2D eigenvalue weighted by molar-refractivity contribution is 0.0763. The maximum Gasteiger partial charge on any atom is 0.272 e. The van der Waals surface area contributed by atoms with Gasteiger partial charge in [-0.2, -0.15) is 5.10 Å². The number of rotatable bonds is 2. The Morgan fingerprint density at radius 1 is 1.14 bits per heavy atom. The van der Waals surface area contributed by atoms with E-state index in [0.29, 0.717) is 5.56 Å². The van der Waals surface area contributed by atoms with E-state index in [-0.39, 0.29) is 5.56 Å². The second kappa shape index (κ2) is 5.36. The van der Waals surface area contributed by atoms with E-state index < -0.39 is 5.60 Å². The van der Waals surface area contributed by atoms with Gasteiger partial charge in [0.1, 0.15) is 0 Å². The third-order valence-electron chi connectivity index (χ3n) is 4.37. The molecule has 22 heavy (non-hydrogen) atoms. The largest absolute Gasteiger partial charge is 0.386 e. The quantitative estimate of drug-likeness (QED) is 0.927. The fraction of sp³-hybridized carbons (Fsp3) is 0.444. The van der Waals surface area contributed by atoms with E-state index in [9.17, 15) is 9.90 Å². The standard InChI is InChI=1S/C18H22N2O2/c1-18(2,22)15-11-16(19-20(3)17(15)21)14-9-8-12-6-4-5-7-13(12)10-14/h8-11,22H,4-7H2,1-3H3. The van der Waals surface area contributed by atoms with Gasteiger partial charge in [-0.3, -0.25) is 4.79 Å². The monoisotopic (exact) mass is 298 g/mol. The normalized spacial score (nSPS) is 14.7. The molecule has 1 aliphatic carbocycles. The van der Waals surface area contributed by atoms with E-state index in [1.54, 1.807) is 27.0 Å². The lowest BCUT2D eigenvalue weighted by atomic mass is 9.89. The predicted molar refractivity (Wildman–Crippen MR) is 86.8 cm³/mol. The highest BCUT2D eigenvalue weighted by Crippen LogP contribution is 2.27. The molecule has 1 heterocycles. The minimum absolute atomic E-state index is 0.255. The Bertz CT molecular complexity index is 770. The topological polar surface area (TPSA) is 55.1 Å². The van der Waals surface area contributed by atoms with Gasteiger partial charge in [0, 0.05) is 12.6 Å². The van der Waals surface area contributed by atoms with Crippen molar-refractivity contribution in [1.29, 1.82) is 0 Å². The van der Waals surface area contributed by atoms with Gasteiger partial charge in [-0.05, 0) is 62.8 Å². The van der Waals surface area contributed by atoms with Gasteiger partial charge < -0.3 is 5.11 Å². The molecular weight excluding hydrogens is 276 g/mol. The summed E-state index contributed by atoms with van der Waals surface area (Å²) in [6.07, 6.45) is 4.73. The van der Waals surface area contributed by atoms with Gasteiger partial charge in [-0.1, -0.05) is 12.1 Å². The van der Waals surface area contributed by atoms with Crippen molar-refractivity contribution < 1.29 is 5.11 Å². The van der Waals surface area contributed by atoms with Gasteiger partial charge in [0.25, 0.3) is 5.56 Å². The molecule has 0 aliphatic heterocycles. The average molecular weight is 298 g/mol. The smallest absolute Gasteiger partial charge is 0.272 e. The van der Waals surface area contributed by atoms with Crippen molar-refractivity contribution in [3.8, 4) is 11.3 Å². The van der Waals surface area contributed by atoms with Crippen LogP contribution in [0.3, 0.4) is 0 Å². The first-order valence-electron chi connectivity index (χ1n) is 7.79. The van der Waals surface area contributed by atoms with E-state index in [2.05, 4.69) is 23.3 Å². The zero-order chi connectivity index (χ0) is 15.9. The number of aromatic nitrogens is 2. The lowest BCUT2D eigenvalue weighted by Crippen LogP contribution is -2.32. The van der Waals surface area contributed by atoms with Crippen molar-refractivity contribution in [2.75, 3.05) is 0 Å². The molecule has 3 rings (SSSR count). The Kier molecular flexibility index (Phi) is 3.65. The molecular formula is C18H22N2O2. The Morgan fingerprint density at radius 3 is 2.50 bits per heavy atom. The minimum Gasteiger partial charge on any atom is -0.386 e.